The van der Waals surface area contributed by atoms with Crippen LogP contribution in [0.2, 0.25) is 0 Å². The first-order valence-electron chi connectivity index (χ1n) is 9.33. The van der Waals surface area contributed by atoms with Gasteiger partial charge in [0, 0.05) is 17.6 Å². The van der Waals surface area contributed by atoms with Crippen LogP contribution in [0.4, 0.5) is 5.69 Å². The molecule has 0 aliphatic heterocycles. The van der Waals surface area contributed by atoms with Crippen molar-refractivity contribution in [1.29, 1.82) is 0 Å². The van der Waals surface area contributed by atoms with Gasteiger partial charge in [-0.05, 0) is 57.1 Å². The van der Waals surface area contributed by atoms with Gasteiger partial charge in [-0.3, -0.25) is 4.79 Å². The topological polar surface area (TPSA) is 68.0 Å². The lowest BCUT2D eigenvalue weighted by atomic mass is 9.97. The summed E-state index contributed by atoms with van der Waals surface area (Å²) in [7, 11) is 0. The molecule has 5 heteroatoms. The highest BCUT2D eigenvalue weighted by atomic mass is 32.1. The smallest absolute Gasteiger partial charge is 0.263 e. The molecule has 2 aromatic heterocycles. The van der Waals surface area contributed by atoms with E-state index in [1.165, 1.54) is 42.6 Å². The maximum absolute atomic E-state index is 12.5. The molecule has 4 nitrogen and oxygen atoms in total. The number of nitrogen functional groups attached to an aromatic ring is 1. The fourth-order valence-electron chi connectivity index (χ4n) is 3.25. The molecule has 0 spiro atoms. The Bertz CT molecular complexity index is 779. The number of carbonyl (C=O) groups excluding carboxylic acids is 1. The number of aromatic nitrogens is 1. The summed E-state index contributed by atoms with van der Waals surface area (Å²) in [6, 6.07) is 4.03. The van der Waals surface area contributed by atoms with E-state index < -0.39 is 0 Å². The number of nitrogens with one attached hydrogen (secondary N) is 1. The highest BCUT2D eigenvalue weighted by Gasteiger charge is 2.17. The minimum atomic E-state index is -0.0768. The number of aryl methyl sites for hydroxylation is 1. The minimum Gasteiger partial charge on any atom is -0.397 e. The first-order valence-corrected chi connectivity index (χ1v) is 10.1. The second-order valence-corrected chi connectivity index (χ2v) is 7.72. The number of amides is 1. The number of thiophene rings is 1. The highest BCUT2D eigenvalue weighted by Crippen LogP contribution is 2.32. The number of anilines is 1. The van der Waals surface area contributed by atoms with Crippen LogP contribution < -0.4 is 11.1 Å². The van der Waals surface area contributed by atoms with Crippen molar-refractivity contribution in [3.05, 3.63) is 34.4 Å². The van der Waals surface area contributed by atoms with E-state index in [9.17, 15) is 4.79 Å². The lowest BCUT2D eigenvalue weighted by Crippen LogP contribution is -2.24. The predicted molar refractivity (Wildman–Crippen MR) is 106 cm³/mol. The number of carbonyl (C=O) groups is 1. The van der Waals surface area contributed by atoms with E-state index in [-0.39, 0.29) is 5.91 Å². The molecule has 3 N–H and O–H groups in total. The molecule has 0 unspecified atom stereocenters. The molecule has 0 fully saturated rings. The molecule has 0 radical (unpaired) electrons. The molecule has 0 bridgehead atoms. The van der Waals surface area contributed by atoms with Crippen LogP contribution in [-0.4, -0.2) is 17.4 Å². The van der Waals surface area contributed by atoms with Crippen LogP contribution >= 0.6 is 11.3 Å². The third kappa shape index (κ3) is 4.40. The molecule has 0 saturated heterocycles. The molecule has 134 valence electrons. The fourth-order valence-corrected chi connectivity index (χ4v) is 4.28. The highest BCUT2D eigenvalue weighted by molar-refractivity contribution is 7.21. The van der Waals surface area contributed by atoms with Crippen LogP contribution in [0.5, 0.6) is 0 Å². The van der Waals surface area contributed by atoms with Gasteiger partial charge >= 0.3 is 0 Å². The monoisotopic (exact) mass is 357 g/mol. The normalized spacial score (nSPS) is 14.5. The van der Waals surface area contributed by atoms with Crippen molar-refractivity contribution in [3.63, 3.8) is 0 Å². The van der Waals surface area contributed by atoms with Crippen molar-refractivity contribution in [2.24, 2.45) is 0 Å². The molecule has 3 rings (SSSR count). The molecule has 1 aliphatic carbocycles. The summed E-state index contributed by atoms with van der Waals surface area (Å²) in [5, 5.41) is 3.91. The van der Waals surface area contributed by atoms with E-state index >= 15 is 0 Å². The maximum atomic E-state index is 12.5. The Morgan fingerprint density at radius 2 is 2.20 bits per heavy atom. The maximum Gasteiger partial charge on any atom is 0.263 e. The first kappa shape index (κ1) is 17.9. The second kappa shape index (κ2) is 8.48. The zero-order chi connectivity index (χ0) is 17.6. The van der Waals surface area contributed by atoms with Gasteiger partial charge in [-0.1, -0.05) is 25.0 Å². The molecule has 0 aromatic carbocycles. The summed E-state index contributed by atoms with van der Waals surface area (Å²) in [4.78, 5) is 18.6. The number of fused-ring (bicyclic) bond motifs is 1. The van der Waals surface area contributed by atoms with E-state index in [4.69, 9.17) is 5.73 Å². The van der Waals surface area contributed by atoms with Gasteiger partial charge < -0.3 is 11.1 Å². The summed E-state index contributed by atoms with van der Waals surface area (Å²) in [5.41, 5.74) is 9.31. The summed E-state index contributed by atoms with van der Waals surface area (Å²) in [6.07, 6.45) is 11.4. The van der Waals surface area contributed by atoms with E-state index in [2.05, 4.69) is 23.3 Å². The number of pyridine rings is 1. The van der Waals surface area contributed by atoms with Crippen molar-refractivity contribution in [3.8, 4) is 0 Å². The molecule has 1 aliphatic rings. The average Bonchev–Trinajstić information content (AvgIpc) is 2.97. The van der Waals surface area contributed by atoms with E-state index in [0.717, 1.165) is 41.6 Å². The SMILES string of the molecule is CCCCc1ccc2c(N)c(C(=O)NCCC3=CCCCC3)sc2n1. The molecule has 1 amide bonds. The number of nitrogens with zero attached hydrogens (tertiary/aromatic N) is 1. The van der Waals surface area contributed by atoms with Gasteiger partial charge in [0.05, 0.1) is 5.69 Å². The van der Waals surface area contributed by atoms with Crippen LogP contribution in [-0.2, 0) is 6.42 Å². The number of unbranched alkanes of at least 4 members (excludes halogenated alkanes) is 1. The van der Waals surface area contributed by atoms with Gasteiger partial charge in [0.25, 0.3) is 5.91 Å². The molecule has 0 saturated carbocycles. The fraction of sp³-hybridized carbons (Fsp3) is 0.500. The second-order valence-electron chi connectivity index (χ2n) is 6.72. The average molecular weight is 358 g/mol. The Balaban J connectivity index is 1.66. The Morgan fingerprint density at radius 1 is 1.32 bits per heavy atom. The Morgan fingerprint density at radius 3 is 2.96 bits per heavy atom. The van der Waals surface area contributed by atoms with Crippen molar-refractivity contribution in [2.75, 3.05) is 12.3 Å². The zero-order valence-electron chi connectivity index (χ0n) is 14.9. The summed E-state index contributed by atoms with van der Waals surface area (Å²) >= 11 is 1.40. The first-order chi connectivity index (χ1) is 12.2. The number of nitrogens with two attached hydrogens (primary N) is 1. The third-order valence-electron chi connectivity index (χ3n) is 4.76. The summed E-state index contributed by atoms with van der Waals surface area (Å²) in [5.74, 6) is -0.0768. The quantitative estimate of drug-likeness (QED) is 0.697. The molecular formula is C20H27N3OS. The van der Waals surface area contributed by atoms with Crippen molar-refractivity contribution >= 4 is 33.1 Å². The molecule has 2 aromatic rings. The van der Waals surface area contributed by atoms with Crippen LogP contribution in [0.15, 0.2) is 23.8 Å². The largest absolute Gasteiger partial charge is 0.397 e. The van der Waals surface area contributed by atoms with Gasteiger partial charge in [-0.15, -0.1) is 11.3 Å². The van der Waals surface area contributed by atoms with E-state index in [1.807, 2.05) is 12.1 Å². The number of rotatable bonds is 7. The molecule has 25 heavy (non-hydrogen) atoms. The van der Waals surface area contributed by atoms with E-state index in [1.54, 1.807) is 0 Å². The summed E-state index contributed by atoms with van der Waals surface area (Å²) < 4.78 is 0. The lowest BCUT2D eigenvalue weighted by molar-refractivity contribution is 0.0959. The van der Waals surface area contributed by atoms with Crippen LogP contribution in [0.3, 0.4) is 0 Å². The zero-order valence-corrected chi connectivity index (χ0v) is 15.8. The van der Waals surface area contributed by atoms with Crippen molar-refractivity contribution in [1.82, 2.24) is 10.3 Å². The van der Waals surface area contributed by atoms with Crippen LogP contribution in [0.25, 0.3) is 10.2 Å². The van der Waals surface area contributed by atoms with Gasteiger partial charge in [0.15, 0.2) is 0 Å². The van der Waals surface area contributed by atoms with Gasteiger partial charge in [-0.2, -0.15) is 0 Å². The van der Waals surface area contributed by atoms with Crippen LogP contribution in [0.1, 0.15) is 67.2 Å². The molecule has 0 atom stereocenters. The van der Waals surface area contributed by atoms with Crippen molar-refractivity contribution in [2.45, 2.75) is 58.3 Å². The number of allylic oxidation sites excluding steroid dienone is 1. The Hall–Kier alpha value is -1.88. The van der Waals surface area contributed by atoms with Crippen molar-refractivity contribution < 1.29 is 4.79 Å². The molecule has 2 heterocycles. The van der Waals surface area contributed by atoms with E-state index in [0.29, 0.717) is 17.1 Å². The summed E-state index contributed by atoms with van der Waals surface area (Å²) in [6.45, 7) is 2.85. The van der Waals surface area contributed by atoms with Gasteiger partial charge in [0.1, 0.15) is 9.71 Å². The lowest BCUT2D eigenvalue weighted by Gasteiger charge is -2.12. The Labute approximate surface area is 153 Å². The third-order valence-corrected chi connectivity index (χ3v) is 5.87. The number of hydrogen-bond acceptors (Lipinski definition) is 4. The van der Waals surface area contributed by atoms with Crippen LogP contribution in [0, 0.1) is 0 Å². The Kier molecular flexibility index (Phi) is 6.08. The van der Waals surface area contributed by atoms with Gasteiger partial charge in [-0.25, -0.2) is 4.98 Å². The molecular weight excluding hydrogens is 330 g/mol. The number of hydrogen-bond donors (Lipinski definition) is 2. The minimum absolute atomic E-state index is 0.0768. The van der Waals surface area contributed by atoms with Gasteiger partial charge in [0.2, 0.25) is 0 Å². The predicted octanol–water partition coefficient (Wildman–Crippen LogP) is 4.84. The standard InChI is InChI=1S/C20H27N3OS/c1-2-3-9-15-10-11-16-17(21)18(25-20(16)23-15)19(24)22-13-12-14-7-5-4-6-8-14/h7,10-11H,2-6,8-9,12-13,21H2,1H3,(H,22,24).